The van der Waals surface area contributed by atoms with E-state index in [1.165, 1.54) is 12.4 Å². The van der Waals surface area contributed by atoms with E-state index in [9.17, 15) is 9.90 Å². The SMILES string of the molecule is C.CC[C@H]1C[C@@H](Nc2cc(=O)[nH]cn2)C[C@@H]1O. The first kappa shape index (κ1) is 13.7. The van der Waals surface area contributed by atoms with E-state index in [2.05, 4.69) is 22.2 Å². The predicted octanol–water partition coefficient (Wildman–Crippen LogP) is 1.37. The molecule has 0 saturated heterocycles. The molecule has 0 amide bonds. The molecule has 1 heterocycles. The monoisotopic (exact) mass is 239 g/mol. The number of aliphatic hydroxyl groups excluding tert-OH is 1. The van der Waals surface area contributed by atoms with Crippen molar-refractivity contribution < 1.29 is 5.11 Å². The molecule has 96 valence electrons. The van der Waals surface area contributed by atoms with E-state index in [0.717, 1.165) is 19.3 Å². The van der Waals surface area contributed by atoms with Crippen molar-refractivity contribution in [3.05, 3.63) is 22.7 Å². The zero-order chi connectivity index (χ0) is 11.5. The van der Waals surface area contributed by atoms with Gasteiger partial charge in [-0.05, 0) is 18.8 Å². The maximum atomic E-state index is 11.1. The van der Waals surface area contributed by atoms with Gasteiger partial charge in [0.2, 0.25) is 0 Å². The van der Waals surface area contributed by atoms with E-state index < -0.39 is 0 Å². The van der Waals surface area contributed by atoms with Gasteiger partial charge in [0.15, 0.2) is 0 Å². The Labute approximate surface area is 101 Å². The van der Waals surface area contributed by atoms with Crippen LogP contribution in [0.25, 0.3) is 0 Å². The smallest absolute Gasteiger partial charge is 0.252 e. The standard InChI is InChI=1S/C11H17N3O2.CH4/c1-2-7-3-8(4-9(7)15)14-10-5-11(16)13-6-12-10;/h5-9,15H,2-4H2,1H3,(H2,12,13,14,16);1H4/t7-,8+,9-;/m0./s1. The molecule has 1 aromatic rings. The zero-order valence-corrected chi connectivity index (χ0v) is 9.31. The molecule has 1 fully saturated rings. The number of nitrogens with one attached hydrogen (secondary N) is 2. The quantitative estimate of drug-likeness (QED) is 0.744. The number of nitrogens with zero attached hydrogens (tertiary/aromatic N) is 1. The highest BCUT2D eigenvalue weighted by Gasteiger charge is 2.31. The number of hydrogen-bond donors (Lipinski definition) is 3. The third-order valence-electron chi connectivity index (χ3n) is 3.21. The zero-order valence-electron chi connectivity index (χ0n) is 9.31. The van der Waals surface area contributed by atoms with Gasteiger partial charge in [-0.3, -0.25) is 4.79 Å². The molecule has 5 heteroatoms. The van der Waals surface area contributed by atoms with Crippen molar-refractivity contribution in [2.24, 2.45) is 5.92 Å². The summed E-state index contributed by atoms with van der Waals surface area (Å²) in [4.78, 5) is 17.6. The lowest BCUT2D eigenvalue weighted by molar-refractivity contribution is 0.130. The first-order chi connectivity index (χ1) is 7.69. The molecule has 1 aliphatic rings. The van der Waals surface area contributed by atoms with Gasteiger partial charge in [0.25, 0.3) is 5.56 Å². The highest BCUT2D eigenvalue weighted by Crippen LogP contribution is 2.30. The summed E-state index contributed by atoms with van der Waals surface area (Å²) in [6, 6.07) is 1.65. The van der Waals surface area contributed by atoms with E-state index in [-0.39, 0.29) is 25.1 Å². The molecule has 5 nitrogen and oxygen atoms in total. The minimum Gasteiger partial charge on any atom is -0.393 e. The molecule has 0 bridgehead atoms. The summed E-state index contributed by atoms with van der Waals surface area (Å²) in [5, 5.41) is 12.9. The fourth-order valence-electron chi connectivity index (χ4n) is 2.32. The van der Waals surface area contributed by atoms with Crippen LogP contribution in [0.5, 0.6) is 0 Å². The molecule has 3 N–H and O–H groups in total. The molecule has 2 rings (SSSR count). The lowest BCUT2D eigenvalue weighted by atomic mass is 10.0. The van der Waals surface area contributed by atoms with Crippen LogP contribution < -0.4 is 10.9 Å². The highest BCUT2D eigenvalue weighted by atomic mass is 16.3. The van der Waals surface area contributed by atoms with Crippen LogP contribution in [0.15, 0.2) is 17.2 Å². The third-order valence-corrected chi connectivity index (χ3v) is 3.21. The first-order valence-electron chi connectivity index (χ1n) is 5.68. The van der Waals surface area contributed by atoms with Crippen LogP contribution in [0.3, 0.4) is 0 Å². The topological polar surface area (TPSA) is 78.0 Å². The van der Waals surface area contributed by atoms with Crippen molar-refractivity contribution in [3.63, 3.8) is 0 Å². The number of rotatable bonds is 3. The van der Waals surface area contributed by atoms with Gasteiger partial charge in [0, 0.05) is 12.1 Å². The van der Waals surface area contributed by atoms with Crippen molar-refractivity contribution in [1.82, 2.24) is 9.97 Å². The number of H-pyrrole nitrogens is 1. The second-order valence-corrected chi connectivity index (χ2v) is 4.34. The lowest BCUT2D eigenvalue weighted by Crippen LogP contribution is -2.19. The van der Waals surface area contributed by atoms with Crippen molar-refractivity contribution >= 4 is 5.82 Å². The fraction of sp³-hybridized carbons (Fsp3) is 0.667. The Kier molecular flexibility index (Phi) is 4.69. The molecule has 0 spiro atoms. The van der Waals surface area contributed by atoms with Crippen LogP contribution in [-0.4, -0.2) is 27.2 Å². The molecule has 3 atom stereocenters. The van der Waals surface area contributed by atoms with Crippen molar-refractivity contribution in [2.75, 3.05) is 5.32 Å². The average Bonchev–Trinajstić information content (AvgIpc) is 2.58. The van der Waals surface area contributed by atoms with Gasteiger partial charge in [0.05, 0.1) is 12.4 Å². The lowest BCUT2D eigenvalue weighted by Gasteiger charge is -2.12. The van der Waals surface area contributed by atoms with Gasteiger partial charge in [-0.15, -0.1) is 0 Å². The Hall–Kier alpha value is -1.36. The summed E-state index contributed by atoms with van der Waals surface area (Å²) in [5.41, 5.74) is -0.164. The molecule has 0 radical (unpaired) electrons. The van der Waals surface area contributed by atoms with Crippen molar-refractivity contribution in [3.8, 4) is 0 Å². The number of hydrogen-bond acceptors (Lipinski definition) is 4. The molecule has 0 aliphatic heterocycles. The van der Waals surface area contributed by atoms with Gasteiger partial charge in [0.1, 0.15) is 5.82 Å². The predicted molar refractivity (Wildman–Crippen MR) is 68.0 cm³/mol. The Morgan fingerprint density at radius 3 is 2.94 bits per heavy atom. The average molecular weight is 239 g/mol. The van der Waals surface area contributed by atoms with Gasteiger partial charge in [-0.1, -0.05) is 20.8 Å². The fourth-order valence-corrected chi connectivity index (χ4v) is 2.32. The molecule has 1 aromatic heterocycles. The molecule has 0 aromatic carbocycles. The van der Waals surface area contributed by atoms with Gasteiger partial charge < -0.3 is 15.4 Å². The molecular weight excluding hydrogens is 218 g/mol. The summed E-state index contributed by atoms with van der Waals surface area (Å²) in [5.74, 6) is 0.942. The molecule has 1 saturated carbocycles. The second kappa shape index (κ2) is 5.82. The summed E-state index contributed by atoms with van der Waals surface area (Å²) >= 11 is 0. The number of aromatic nitrogens is 2. The molecular formula is C12H21N3O2. The first-order valence-corrected chi connectivity index (χ1v) is 5.68. The van der Waals surface area contributed by atoms with Crippen LogP contribution in [0.2, 0.25) is 0 Å². The summed E-state index contributed by atoms with van der Waals surface area (Å²) < 4.78 is 0. The van der Waals surface area contributed by atoms with Gasteiger partial charge in [-0.25, -0.2) is 4.98 Å². The Bertz CT molecular complexity index is 405. The van der Waals surface area contributed by atoms with E-state index in [1.54, 1.807) is 0 Å². The van der Waals surface area contributed by atoms with Crippen molar-refractivity contribution in [2.45, 2.75) is 45.8 Å². The van der Waals surface area contributed by atoms with Crippen LogP contribution in [0.1, 0.15) is 33.6 Å². The highest BCUT2D eigenvalue weighted by molar-refractivity contribution is 5.33. The maximum Gasteiger partial charge on any atom is 0.252 e. The Morgan fingerprint density at radius 2 is 2.35 bits per heavy atom. The number of aromatic amines is 1. The van der Waals surface area contributed by atoms with Crippen LogP contribution in [-0.2, 0) is 0 Å². The minimum atomic E-state index is -0.232. The summed E-state index contributed by atoms with van der Waals surface area (Å²) in [6.45, 7) is 2.09. The van der Waals surface area contributed by atoms with Crippen LogP contribution >= 0.6 is 0 Å². The Morgan fingerprint density at radius 1 is 1.59 bits per heavy atom. The molecule has 1 aliphatic carbocycles. The number of aliphatic hydroxyl groups is 1. The van der Waals surface area contributed by atoms with E-state index in [4.69, 9.17) is 0 Å². The van der Waals surface area contributed by atoms with Crippen molar-refractivity contribution in [1.29, 1.82) is 0 Å². The van der Waals surface area contributed by atoms with E-state index in [1.807, 2.05) is 0 Å². The van der Waals surface area contributed by atoms with E-state index in [0.29, 0.717) is 11.7 Å². The second-order valence-electron chi connectivity index (χ2n) is 4.34. The largest absolute Gasteiger partial charge is 0.393 e. The normalized spacial score (nSPS) is 27.5. The summed E-state index contributed by atoms with van der Waals surface area (Å²) in [7, 11) is 0. The summed E-state index contributed by atoms with van der Waals surface area (Å²) in [6.07, 6.45) is 3.80. The van der Waals surface area contributed by atoms with E-state index >= 15 is 0 Å². The van der Waals surface area contributed by atoms with Crippen LogP contribution in [0.4, 0.5) is 5.82 Å². The van der Waals surface area contributed by atoms with Gasteiger partial charge >= 0.3 is 0 Å². The Balaban J connectivity index is 0.00000144. The molecule has 0 unspecified atom stereocenters. The van der Waals surface area contributed by atoms with Gasteiger partial charge in [-0.2, -0.15) is 0 Å². The molecule has 17 heavy (non-hydrogen) atoms. The minimum absolute atomic E-state index is 0. The maximum absolute atomic E-state index is 11.1. The third kappa shape index (κ3) is 3.30. The van der Waals surface area contributed by atoms with Crippen LogP contribution in [0, 0.1) is 5.92 Å². The number of anilines is 1.